The molecule has 1 fully saturated rings. The molecule has 0 aliphatic carbocycles. The van der Waals surface area contributed by atoms with E-state index in [-0.39, 0.29) is 11.0 Å². The first kappa shape index (κ1) is 19.0. The van der Waals surface area contributed by atoms with Gasteiger partial charge in [0.1, 0.15) is 5.82 Å². The predicted octanol–water partition coefficient (Wildman–Crippen LogP) is 2.57. The topological polar surface area (TPSA) is 58.6 Å². The zero-order valence-electron chi connectivity index (χ0n) is 14.5. The van der Waals surface area contributed by atoms with Gasteiger partial charge in [-0.1, -0.05) is 30.3 Å². The van der Waals surface area contributed by atoms with Gasteiger partial charge in [-0.2, -0.15) is 0 Å². The number of hydrogen-bond donors (Lipinski definition) is 1. The van der Waals surface area contributed by atoms with Crippen molar-refractivity contribution in [2.24, 2.45) is 0 Å². The second-order valence-electron chi connectivity index (χ2n) is 6.28. The lowest BCUT2D eigenvalue weighted by molar-refractivity contribution is -0.0300. The molecular weight excluding hydrogens is 355 g/mol. The highest BCUT2D eigenvalue weighted by Gasteiger charge is 2.21. The second kappa shape index (κ2) is 8.73. The van der Waals surface area contributed by atoms with Crippen LogP contribution in [0.15, 0.2) is 59.5 Å². The van der Waals surface area contributed by atoms with Crippen molar-refractivity contribution in [3.05, 3.63) is 66.0 Å². The summed E-state index contributed by atoms with van der Waals surface area (Å²) in [5, 5.41) is 0. The molecule has 2 aromatic rings. The summed E-state index contributed by atoms with van der Waals surface area (Å²) in [5.41, 5.74) is 1.16. The van der Waals surface area contributed by atoms with Gasteiger partial charge in [0.05, 0.1) is 17.6 Å². The normalized spacial score (nSPS) is 18.7. The second-order valence-corrected chi connectivity index (χ2v) is 8.04. The van der Waals surface area contributed by atoms with Crippen LogP contribution in [0.1, 0.15) is 18.1 Å². The third-order valence-corrected chi connectivity index (χ3v) is 5.87. The fourth-order valence-corrected chi connectivity index (χ4v) is 4.06. The first-order valence-corrected chi connectivity index (χ1v) is 10.2. The van der Waals surface area contributed by atoms with Gasteiger partial charge in [-0.3, -0.25) is 4.90 Å². The molecule has 5 nitrogen and oxygen atoms in total. The van der Waals surface area contributed by atoms with Gasteiger partial charge in [0, 0.05) is 19.6 Å². The first-order chi connectivity index (χ1) is 12.5. The Hall–Kier alpha value is -1.80. The Morgan fingerprint density at radius 3 is 2.58 bits per heavy atom. The van der Waals surface area contributed by atoms with Gasteiger partial charge in [0.2, 0.25) is 10.0 Å². The molecule has 1 aliphatic rings. The molecule has 1 N–H and O–H groups in total. The highest BCUT2D eigenvalue weighted by atomic mass is 32.2. The molecule has 7 heteroatoms. The molecule has 0 aromatic heterocycles. The number of nitrogens with one attached hydrogen (secondary N) is 1. The van der Waals surface area contributed by atoms with E-state index in [2.05, 4.69) is 21.8 Å². The van der Waals surface area contributed by atoms with Crippen LogP contribution in [-0.4, -0.2) is 46.1 Å². The maximum atomic E-state index is 12.9. The molecule has 0 radical (unpaired) electrons. The highest BCUT2D eigenvalue weighted by Crippen LogP contribution is 2.21. The lowest BCUT2D eigenvalue weighted by Gasteiger charge is -2.33. The molecule has 1 heterocycles. The van der Waals surface area contributed by atoms with Crippen molar-refractivity contribution < 1.29 is 17.5 Å². The molecule has 0 spiro atoms. The maximum Gasteiger partial charge on any atom is 0.240 e. The minimum absolute atomic E-state index is 0.0563. The summed E-state index contributed by atoms with van der Waals surface area (Å²) in [5.74, 6) is -0.454. The molecule has 0 saturated carbocycles. The number of halogens is 1. The molecule has 140 valence electrons. The highest BCUT2D eigenvalue weighted by molar-refractivity contribution is 7.89. The van der Waals surface area contributed by atoms with Crippen LogP contribution in [0, 0.1) is 5.82 Å². The van der Waals surface area contributed by atoms with Crippen LogP contribution in [0.5, 0.6) is 0 Å². The summed E-state index contributed by atoms with van der Waals surface area (Å²) < 4.78 is 45.6. The number of benzene rings is 2. The number of morpholine rings is 1. The van der Waals surface area contributed by atoms with Crippen molar-refractivity contribution in [2.75, 3.05) is 32.8 Å². The van der Waals surface area contributed by atoms with Crippen LogP contribution in [0.4, 0.5) is 4.39 Å². The lowest BCUT2D eigenvalue weighted by atomic mass is 10.1. The minimum atomic E-state index is -3.59. The lowest BCUT2D eigenvalue weighted by Crippen LogP contribution is -2.39. The van der Waals surface area contributed by atoms with Crippen LogP contribution < -0.4 is 4.72 Å². The number of hydrogen-bond acceptors (Lipinski definition) is 4. The van der Waals surface area contributed by atoms with E-state index < -0.39 is 15.8 Å². The molecule has 0 amide bonds. The SMILES string of the molecule is O=S(=O)(NCCCN1CCOC(c2ccccc2)C1)c1ccc(F)cc1. The average molecular weight is 378 g/mol. The molecule has 3 rings (SSSR count). The zero-order valence-corrected chi connectivity index (χ0v) is 15.3. The smallest absolute Gasteiger partial charge is 0.240 e. The van der Waals surface area contributed by atoms with Crippen molar-refractivity contribution >= 4 is 10.0 Å². The summed E-state index contributed by atoms with van der Waals surface area (Å²) in [6, 6.07) is 14.9. The van der Waals surface area contributed by atoms with Gasteiger partial charge in [0.15, 0.2) is 0 Å². The Bertz CT molecular complexity index is 797. The Kier molecular flexibility index (Phi) is 6.37. The average Bonchev–Trinajstić information content (AvgIpc) is 2.67. The van der Waals surface area contributed by atoms with E-state index in [9.17, 15) is 12.8 Å². The first-order valence-electron chi connectivity index (χ1n) is 8.69. The Morgan fingerprint density at radius 1 is 1.12 bits per heavy atom. The van der Waals surface area contributed by atoms with E-state index in [0.29, 0.717) is 19.6 Å². The Morgan fingerprint density at radius 2 is 1.85 bits per heavy atom. The minimum Gasteiger partial charge on any atom is -0.371 e. The van der Waals surface area contributed by atoms with Gasteiger partial charge < -0.3 is 4.74 Å². The summed E-state index contributed by atoms with van der Waals surface area (Å²) in [4.78, 5) is 2.36. The Balaban J connectivity index is 1.45. The molecule has 1 atom stereocenters. The van der Waals surface area contributed by atoms with Crippen LogP contribution in [0.2, 0.25) is 0 Å². The van der Waals surface area contributed by atoms with E-state index in [4.69, 9.17) is 4.74 Å². The van der Waals surface area contributed by atoms with Crippen LogP contribution in [0.3, 0.4) is 0 Å². The largest absolute Gasteiger partial charge is 0.371 e. The molecular formula is C19H23FN2O3S. The number of nitrogens with zero attached hydrogens (tertiary/aromatic N) is 1. The fraction of sp³-hybridized carbons (Fsp3) is 0.368. The van der Waals surface area contributed by atoms with E-state index in [1.807, 2.05) is 18.2 Å². The summed E-state index contributed by atoms with van der Waals surface area (Å²) in [6.07, 6.45) is 0.753. The fourth-order valence-electron chi connectivity index (χ4n) is 2.98. The third kappa shape index (κ3) is 5.11. The van der Waals surface area contributed by atoms with E-state index in [1.165, 1.54) is 12.1 Å². The summed E-state index contributed by atoms with van der Waals surface area (Å²) in [7, 11) is -3.59. The van der Waals surface area contributed by atoms with Crippen molar-refractivity contribution in [2.45, 2.75) is 17.4 Å². The number of ether oxygens (including phenoxy) is 1. The van der Waals surface area contributed by atoms with E-state index in [1.54, 1.807) is 0 Å². The maximum absolute atomic E-state index is 12.9. The van der Waals surface area contributed by atoms with E-state index >= 15 is 0 Å². The quantitative estimate of drug-likeness (QED) is 0.753. The van der Waals surface area contributed by atoms with Crippen molar-refractivity contribution in [3.63, 3.8) is 0 Å². The molecule has 26 heavy (non-hydrogen) atoms. The monoisotopic (exact) mass is 378 g/mol. The van der Waals surface area contributed by atoms with Crippen LogP contribution in [0.25, 0.3) is 0 Å². The summed E-state index contributed by atoms with van der Waals surface area (Å²) >= 11 is 0. The standard InChI is InChI=1S/C19H23FN2O3S/c20-17-7-9-18(10-8-17)26(23,24)21-11-4-12-22-13-14-25-19(15-22)16-5-2-1-3-6-16/h1-3,5-10,19,21H,4,11-15H2. The van der Waals surface area contributed by atoms with Crippen LogP contribution in [-0.2, 0) is 14.8 Å². The van der Waals surface area contributed by atoms with Gasteiger partial charge in [-0.25, -0.2) is 17.5 Å². The molecule has 1 unspecified atom stereocenters. The Labute approximate surface area is 153 Å². The zero-order chi connectivity index (χ0) is 18.4. The predicted molar refractivity (Wildman–Crippen MR) is 97.8 cm³/mol. The van der Waals surface area contributed by atoms with Crippen molar-refractivity contribution in [1.29, 1.82) is 0 Å². The van der Waals surface area contributed by atoms with Crippen molar-refractivity contribution in [3.8, 4) is 0 Å². The molecule has 0 bridgehead atoms. The van der Waals surface area contributed by atoms with Crippen LogP contribution >= 0.6 is 0 Å². The van der Waals surface area contributed by atoms with Crippen molar-refractivity contribution in [1.82, 2.24) is 9.62 Å². The van der Waals surface area contributed by atoms with E-state index in [0.717, 1.165) is 37.3 Å². The molecule has 2 aromatic carbocycles. The molecule has 1 aliphatic heterocycles. The third-order valence-electron chi connectivity index (χ3n) is 4.39. The number of rotatable bonds is 7. The summed E-state index contributed by atoms with van der Waals surface area (Å²) in [6.45, 7) is 3.44. The number of sulfonamides is 1. The van der Waals surface area contributed by atoms with Gasteiger partial charge in [0.25, 0.3) is 0 Å². The van der Waals surface area contributed by atoms with Gasteiger partial charge in [-0.15, -0.1) is 0 Å². The van der Waals surface area contributed by atoms with Gasteiger partial charge >= 0.3 is 0 Å². The van der Waals surface area contributed by atoms with Gasteiger partial charge in [-0.05, 0) is 42.8 Å². The molecule has 1 saturated heterocycles.